The summed E-state index contributed by atoms with van der Waals surface area (Å²) in [5.41, 5.74) is 6.44. The molecule has 7 nitrogen and oxygen atoms in total. The number of benzene rings is 2. The smallest absolute Gasteiger partial charge is 0.269 e. The monoisotopic (exact) mass is 381 g/mol. The zero-order valence-electron chi connectivity index (χ0n) is 15.8. The Bertz CT molecular complexity index is 843. The molecule has 0 heterocycles. The number of hydrazine groups is 1. The van der Waals surface area contributed by atoms with Crippen molar-refractivity contribution >= 4 is 29.5 Å². The summed E-state index contributed by atoms with van der Waals surface area (Å²) >= 11 is 0. The molecular weight excluding hydrogens is 358 g/mol. The highest BCUT2D eigenvalue weighted by atomic mass is 16.5. The van der Waals surface area contributed by atoms with Gasteiger partial charge < -0.3 is 10.1 Å². The van der Waals surface area contributed by atoms with Gasteiger partial charge in [-0.1, -0.05) is 19.1 Å². The zero-order valence-corrected chi connectivity index (χ0v) is 15.8. The minimum absolute atomic E-state index is 0.108. The van der Waals surface area contributed by atoms with E-state index < -0.39 is 11.8 Å². The lowest BCUT2D eigenvalue weighted by atomic mass is 10.2. The van der Waals surface area contributed by atoms with E-state index in [1.807, 2.05) is 31.2 Å². The summed E-state index contributed by atoms with van der Waals surface area (Å²) in [6.07, 6.45) is 3.32. The lowest BCUT2D eigenvalue weighted by Gasteiger charge is -2.07. The Morgan fingerprint density at radius 2 is 1.61 bits per heavy atom. The Balaban J connectivity index is 1.82. The molecule has 0 fully saturated rings. The summed E-state index contributed by atoms with van der Waals surface area (Å²) in [6.45, 7) is 4.25. The van der Waals surface area contributed by atoms with Crippen molar-refractivity contribution in [2.24, 2.45) is 0 Å². The molecule has 7 heteroatoms. The summed E-state index contributed by atoms with van der Waals surface area (Å²) < 4.78 is 5.35. The van der Waals surface area contributed by atoms with Crippen molar-refractivity contribution in [3.05, 3.63) is 65.7 Å². The Labute approximate surface area is 163 Å². The molecule has 2 aromatic carbocycles. The number of carbonyl (C=O) groups is 3. The summed E-state index contributed by atoms with van der Waals surface area (Å²) in [6, 6.07) is 13.6. The first-order chi connectivity index (χ1) is 13.5. The van der Waals surface area contributed by atoms with Gasteiger partial charge in [0.1, 0.15) is 5.75 Å². The number of nitrogens with one attached hydrogen (secondary N) is 3. The highest BCUT2D eigenvalue weighted by Crippen LogP contribution is 2.13. The third-order valence-electron chi connectivity index (χ3n) is 3.67. The molecule has 3 N–H and O–H groups in total. The summed E-state index contributed by atoms with van der Waals surface area (Å²) in [5.74, 6) is -0.273. The van der Waals surface area contributed by atoms with Gasteiger partial charge in [0.25, 0.3) is 11.8 Å². The van der Waals surface area contributed by atoms with E-state index in [1.165, 1.54) is 6.08 Å². The average Bonchev–Trinajstić information content (AvgIpc) is 2.72. The Morgan fingerprint density at radius 3 is 2.21 bits per heavy atom. The molecule has 0 aliphatic rings. The van der Waals surface area contributed by atoms with Gasteiger partial charge in [0, 0.05) is 23.7 Å². The second kappa shape index (κ2) is 10.5. The van der Waals surface area contributed by atoms with Crippen LogP contribution >= 0.6 is 0 Å². The second-order valence-corrected chi connectivity index (χ2v) is 5.76. The molecule has 0 aliphatic heterocycles. The van der Waals surface area contributed by atoms with E-state index in [9.17, 15) is 14.4 Å². The molecule has 0 aliphatic carbocycles. The molecule has 0 radical (unpaired) electrons. The molecule has 0 spiro atoms. The largest absolute Gasteiger partial charge is 0.494 e. The van der Waals surface area contributed by atoms with Crippen molar-refractivity contribution in [3.8, 4) is 5.75 Å². The highest BCUT2D eigenvalue weighted by Gasteiger charge is 2.07. The molecule has 2 rings (SSSR count). The fraction of sp³-hybridized carbons (Fsp3) is 0.190. The van der Waals surface area contributed by atoms with Crippen LogP contribution in [0.15, 0.2) is 54.6 Å². The van der Waals surface area contributed by atoms with E-state index in [1.54, 1.807) is 37.3 Å². The van der Waals surface area contributed by atoms with Crippen LogP contribution in [0, 0.1) is 0 Å². The van der Waals surface area contributed by atoms with E-state index in [2.05, 4.69) is 16.2 Å². The van der Waals surface area contributed by atoms with Crippen molar-refractivity contribution in [2.45, 2.75) is 20.3 Å². The molecule has 146 valence electrons. The zero-order chi connectivity index (χ0) is 20.4. The number of amides is 3. The maximum atomic E-state index is 12.1. The number of hydrogen-bond donors (Lipinski definition) is 3. The van der Waals surface area contributed by atoms with Crippen LogP contribution < -0.4 is 20.9 Å². The maximum Gasteiger partial charge on any atom is 0.269 e. The first-order valence-corrected chi connectivity index (χ1v) is 8.93. The number of carbonyl (C=O) groups excluding carboxylic acids is 3. The standard InChI is InChI=1S/C21H23N3O4/c1-3-19(25)22-17-10-8-16(9-11-17)21(27)24-23-20(26)14-7-15-5-12-18(13-6-15)28-4-2/h5-14H,3-4H2,1-2H3,(H,22,25)(H,23,26)(H,24,27)/b14-7+. The van der Waals surface area contributed by atoms with Crippen LogP contribution in [0.3, 0.4) is 0 Å². The normalized spacial score (nSPS) is 10.4. The highest BCUT2D eigenvalue weighted by molar-refractivity contribution is 5.98. The predicted molar refractivity (Wildman–Crippen MR) is 108 cm³/mol. The van der Waals surface area contributed by atoms with Gasteiger partial charge in [-0.2, -0.15) is 0 Å². The topological polar surface area (TPSA) is 96.5 Å². The first-order valence-electron chi connectivity index (χ1n) is 8.93. The van der Waals surface area contributed by atoms with Crippen LogP contribution in [-0.2, 0) is 9.59 Å². The van der Waals surface area contributed by atoms with Gasteiger partial charge in [0.05, 0.1) is 6.61 Å². The van der Waals surface area contributed by atoms with E-state index >= 15 is 0 Å². The van der Waals surface area contributed by atoms with Crippen LogP contribution in [0.5, 0.6) is 5.75 Å². The third-order valence-corrected chi connectivity index (χ3v) is 3.67. The Hall–Kier alpha value is -3.61. The van der Waals surface area contributed by atoms with Gasteiger partial charge in [-0.05, 0) is 55.0 Å². The van der Waals surface area contributed by atoms with E-state index in [-0.39, 0.29) is 5.91 Å². The van der Waals surface area contributed by atoms with Gasteiger partial charge in [0.2, 0.25) is 5.91 Å². The second-order valence-electron chi connectivity index (χ2n) is 5.76. The molecule has 0 atom stereocenters. The molecule has 0 saturated carbocycles. The maximum absolute atomic E-state index is 12.1. The average molecular weight is 381 g/mol. The summed E-state index contributed by atoms with van der Waals surface area (Å²) in [4.78, 5) is 35.2. The third kappa shape index (κ3) is 6.60. The minimum atomic E-state index is -0.464. The number of hydrogen-bond acceptors (Lipinski definition) is 4. The van der Waals surface area contributed by atoms with Gasteiger partial charge in [-0.15, -0.1) is 0 Å². The number of rotatable bonds is 7. The van der Waals surface area contributed by atoms with Crippen LogP contribution in [-0.4, -0.2) is 24.3 Å². The predicted octanol–water partition coefficient (Wildman–Crippen LogP) is 2.91. The summed E-state index contributed by atoms with van der Waals surface area (Å²) in [5, 5.41) is 2.69. The molecule has 0 unspecified atom stereocenters. The lowest BCUT2D eigenvalue weighted by molar-refractivity contribution is -0.117. The lowest BCUT2D eigenvalue weighted by Crippen LogP contribution is -2.40. The number of anilines is 1. The fourth-order valence-corrected chi connectivity index (χ4v) is 2.20. The van der Waals surface area contributed by atoms with Crippen molar-refractivity contribution in [1.82, 2.24) is 10.9 Å². The van der Waals surface area contributed by atoms with Crippen molar-refractivity contribution in [3.63, 3.8) is 0 Å². The van der Waals surface area contributed by atoms with E-state index in [4.69, 9.17) is 4.74 Å². The molecule has 0 aromatic heterocycles. The Morgan fingerprint density at radius 1 is 0.929 bits per heavy atom. The van der Waals surface area contributed by atoms with Crippen molar-refractivity contribution < 1.29 is 19.1 Å². The van der Waals surface area contributed by atoms with Crippen molar-refractivity contribution in [2.75, 3.05) is 11.9 Å². The Kier molecular flexibility index (Phi) is 7.77. The SMILES string of the molecule is CCOc1ccc(/C=C/C(=O)NNC(=O)c2ccc(NC(=O)CC)cc2)cc1. The first kappa shape index (κ1) is 20.7. The molecule has 0 bridgehead atoms. The van der Waals surface area contributed by atoms with Gasteiger partial charge in [-0.25, -0.2) is 0 Å². The number of ether oxygens (including phenoxy) is 1. The minimum Gasteiger partial charge on any atom is -0.494 e. The van der Waals surface area contributed by atoms with Crippen molar-refractivity contribution in [1.29, 1.82) is 0 Å². The molecule has 3 amide bonds. The molecule has 28 heavy (non-hydrogen) atoms. The van der Waals surface area contributed by atoms with E-state index in [0.29, 0.717) is 24.3 Å². The quantitative estimate of drug-likeness (QED) is 0.507. The van der Waals surface area contributed by atoms with Crippen LogP contribution in [0.1, 0.15) is 36.2 Å². The summed E-state index contributed by atoms with van der Waals surface area (Å²) in [7, 11) is 0. The van der Waals surface area contributed by atoms with E-state index in [0.717, 1.165) is 11.3 Å². The van der Waals surface area contributed by atoms with Gasteiger partial charge >= 0.3 is 0 Å². The van der Waals surface area contributed by atoms with Gasteiger partial charge in [-0.3, -0.25) is 25.2 Å². The van der Waals surface area contributed by atoms with Crippen LogP contribution in [0.4, 0.5) is 5.69 Å². The molecule has 0 saturated heterocycles. The van der Waals surface area contributed by atoms with Crippen LogP contribution in [0.25, 0.3) is 6.08 Å². The van der Waals surface area contributed by atoms with Crippen LogP contribution in [0.2, 0.25) is 0 Å². The van der Waals surface area contributed by atoms with Gasteiger partial charge in [0.15, 0.2) is 0 Å². The molecule has 2 aromatic rings. The molecular formula is C21H23N3O4. The fourth-order valence-electron chi connectivity index (χ4n) is 2.20.